The molecule has 0 saturated heterocycles. The third kappa shape index (κ3) is 4.48. The fourth-order valence-corrected chi connectivity index (χ4v) is 4.91. The maximum atomic E-state index is 12.7. The molecule has 6 nitrogen and oxygen atoms in total. The Balaban J connectivity index is 1.60. The topological polar surface area (TPSA) is 72.7 Å². The van der Waals surface area contributed by atoms with E-state index in [1.54, 1.807) is 18.3 Å². The van der Waals surface area contributed by atoms with Crippen LogP contribution in [0.1, 0.15) is 38.6 Å². The van der Waals surface area contributed by atoms with E-state index in [4.69, 9.17) is 23.2 Å². The fourth-order valence-electron chi connectivity index (χ4n) is 3.60. The van der Waals surface area contributed by atoms with Gasteiger partial charge in [0.15, 0.2) is 16.1 Å². The number of nitrogens with zero attached hydrogens (tertiary/aromatic N) is 4. The summed E-state index contributed by atoms with van der Waals surface area (Å²) in [5, 5.41) is 12.9. The summed E-state index contributed by atoms with van der Waals surface area (Å²) in [6, 6.07) is 11.4. The first-order valence-electron chi connectivity index (χ1n) is 9.82. The normalized spacial score (nSPS) is 15.3. The Kier molecular flexibility index (Phi) is 6.61. The number of carbonyl (C=O) groups excluding carboxylic acids is 1. The summed E-state index contributed by atoms with van der Waals surface area (Å²) in [6.45, 7) is 1.84. The summed E-state index contributed by atoms with van der Waals surface area (Å²) < 4.78 is 2.15. The molecular formula is C21H21Cl2N5OS. The number of carbonyl (C=O) groups is 1. The van der Waals surface area contributed by atoms with Crippen molar-refractivity contribution in [1.29, 1.82) is 0 Å². The first-order valence-corrected chi connectivity index (χ1v) is 11.5. The summed E-state index contributed by atoms with van der Waals surface area (Å²) in [6.07, 6.45) is 6.05. The van der Waals surface area contributed by atoms with Crippen LogP contribution in [-0.2, 0) is 4.79 Å². The number of hydrogen-bond donors (Lipinski definition) is 1. The van der Waals surface area contributed by atoms with Gasteiger partial charge in [-0.05, 0) is 44.0 Å². The number of amides is 1. The fraction of sp³-hybridized carbons (Fsp3) is 0.333. The van der Waals surface area contributed by atoms with E-state index in [0.29, 0.717) is 16.8 Å². The lowest BCUT2D eigenvalue weighted by atomic mass is 10.2. The minimum Gasteiger partial charge on any atom is -0.322 e. The SMILES string of the molecule is CC(Sc1nnc(-c2ccccc2Cl)n1C1CCCC1)C(=O)Nc1cccnc1Cl. The van der Waals surface area contributed by atoms with Crippen molar-refractivity contribution in [2.75, 3.05) is 5.32 Å². The molecule has 1 fully saturated rings. The second-order valence-electron chi connectivity index (χ2n) is 7.19. The van der Waals surface area contributed by atoms with Gasteiger partial charge >= 0.3 is 0 Å². The second-order valence-corrected chi connectivity index (χ2v) is 9.26. The van der Waals surface area contributed by atoms with E-state index in [2.05, 4.69) is 25.1 Å². The third-order valence-electron chi connectivity index (χ3n) is 5.14. The summed E-state index contributed by atoms with van der Waals surface area (Å²) in [5.74, 6) is 0.577. The second kappa shape index (κ2) is 9.37. The van der Waals surface area contributed by atoms with E-state index in [0.717, 1.165) is 29.4 Å². The molecule has 0 spiro atoms. The monoisotopic (exact) mass is 461 g/mol. The highest BCUT2D eigenvalue weighted by molar-refractivity contribution is 8.00. The maximum Gasteiger partial charge on any atom is 0.237 e. The number of pyridine rings is 1. The van der Waals surface area contributed by atoms with Crippen LogP contribution in [0.2, 0.25) is 10.2 Å². The van der Waals surface area contributed by atoms with Crippen molar-refractivity contribution in [2.24, 2.45) is 0 Å². The van der Waals surface area contributed by atoms with Crippen molar-refractivity contribution >= 4 is 46.6 Å². The van der Waals surface area contributed by atoms with Crippen molar-refractivity contribution < 1.29 is 4.79 Å². The molecule has 156 valence electrons. The zero-order valence-corrected chi connectivity index (χ0v) is 18.7. The molecule has 1 atom stereocenters. The minimum absolute atomic E-state index is 0.171. The van der Waals surface area contributed by atoms with Crippen LogP contribution in [0, 0.1) is 0 Å². The standard InChI is InChI=1S/C21H21Cl2N5OS/c1-13(20(29)25-17-11-6-12-24-18(17)23)30-21-27-26-19(15-9-4-5-10-16(15)22)28(21)14-7-2-3-8-14/h4-6,9-14H,2-3,7-8H2,1H3,(H,25,29). The molecule has 0 radical (unpaired) electrons. The number of benzene rings is 1. The van der Waals surface area contributed by atoms with E-state index < -0.39 is 5.25 Å². The van der Waals surface area contributed by atoms with Gasteiger partial charge in [0.1, 0.15) is 0 Å². The molecule has 9 heteroatoms. The molecule has 1 unspecified atom stereocenters. The van der Waals surface area contributed by atoms with Crippen LogP contribution in [0.25, 0.3) is 11.4 Å². The Morgan fingerprint density at radius 2 is 1.93 bits per heavy atom. The van der Waals surface area contributed by atoms with E-state index in [9.17, 15) is 4.79 Å². The molecule has 1 amide bonds. The third-order valence-corrected chi connectivity index (χ3v) is 6.83. The van der Waals surface area contributed by atoms with E-state index >= 15 is 0 Å². The summed E-state index contributed by atoms with van der Waals surface area (Å²) in [7, 11) is 0. The first kappa shape index (κ1) is 21.2. The zero-order chi connectivity index (χ0) is 21.1. The van der Waals surface area contributed by atoms with Gasteiger partial charge in [-0.2, -0.15) is 0 Å². The van der Waals surface area contributed by atoms with Gasteiger partial charge < -0.3 is 5.32 Å². The lowest BCUT2D eigenvalue weighted by molar-refractivity contribution is -0.115. The molecule has 1 N–H and O–H groups in total. The smallest absolute Gasteiger partial charge is 0.237 e. The number of rotatable bonds is 6. The van der Waals surface area contributed by atoms with Crippen LogP contribution >= 0.6 is 35.0 Å². The van der Waals surface area contributed by atoms with Crippen LogP contribution in [0.4, 0.5) is 5.69 Å². The number of nitrogens with one attached hydrogen (secondary N) is 1. The van der Waals surface area contributed by atoms with E-state index in [-0.39, 0.29) is 11.1 Å². The summed E-state index contributed by atoms with van der Waals surface area (Å²) in [4.78, 5) is 16.7. The van der Waals surface area contributed by atoms with Crippen molar-refractivity contribution in [1.82, 2.24) is 19.7 Å². The molecule has 3 aromatic rings. The van der Waals surface area contributed by atoms with Crippen molar-refractivity contribution in [3.05, 3.63) is 52.8 Å². The van der Waals surface area contributed by atoms with Crippen molar-refractivity contribution in [2.45, 2.75) is 49.1 Å². The number of halogens is 2. The molecule has 0 bridgehead atoms. The Labute approximate surface area is 189 Å². The first-order chi connectivity index (χ1) is 14.5. The molecule has 2 aromatic heterocycles. The molecule has 4 rings (SSSR count). The van der Waals surface area contributed by atoms with Crippen LogP contribution in [0.15, 0.2) is 47.8 Å². The minimum atomic E-state index is -0.398. The highest BCUT2D eigenvalue weighted by atomic mass is 35.5. The van der Waals surface area contributed by atoms with Gasteiger partial charge in [-0.25, -0.2) is 4.98 Å². The predicted octanol–water partition coefficient (Wildman–Crippen LogP) is 5.88. The van der Waals surface area contributed by atoms with Gasteiger partial charge in [-0.15, -0.1) is 10.2 Å². The lowest BCUT2D eigenvalue weighted by Gasteiger charge is -2.19. The molecule has 0 aliphatic heterocycles. The van der Waals surface area contributed by atoms with Gasteiger partial charge in [0, 0.05) is 17.8 Å². The molecule has 1 saturated carbocycles. The largest absolute Gasteiger partial charge is 0.322 e. The van der Waals surface area contributed by atoms with E-state index in [1.165, 1.54) is 24.6 Å². The number of hydrogen-bond acceptors (Lipinski definition) is 5. The van der Waals surface area contributed by atoms with Crippen LogP contribution in [-0.4, -0.2) is 30.9 Å². The van der Waals surface area contributed by atoms with Gasteiger partial charge in [0.05, 0.1) is 16.0 Å². The highest BCUT2D eigenvalue weighted by Gasteiger charge is 2.28. The molecule has 2 heterocycles. The quantitative estimate of drug-likeness (QED) is 0.366. The maximum absolute atomic E-state index is 12.7. The lowest BCUT2D eigenvalue weighted by Crippen LogP contribution is -2.23. The molecule has 1 aliphatic rings. The van der Waals surface area contributed by atoms with Gasteiger partial charge in [-0.3, -0.25) is 9.36 Å². The van der Waals surface area contributed by atoms with Crippen LogP contribution < -0.4 is 5.32 Å². The van der Waals surface area contributed by atoms with Crippen LogP contribution in [0.5, 0.6) is 0 Å². The average molecular weight is 462 g/mol. The van der Waals surface area contributed by atoms with Gasteiger partial charge in [0.25, 0.3) is 0 Å². The number of anilines is 1. The highest BCUT2D eigenvalue weighted by Crippen LogP contribution is 2.39. The molecule has 1 aliphatic carbocycles. The zero-order valence-electron chi connectivity index (χ0n) is 16.4. The number of aromatic nitrogens is 4. The Bertz CT molecular complexity index is 1050. The van der Waals surface area contributed by atoms with Crippen molar-refractivity contribution in [3.8, 4) is 11.4 Å². The molecular weight excluding hydrogens is 441 g/mol. The Morgan fingerprint density at radius 1 is 1.17 bits per heavy atom. The summed E-state index contributed by atoms with van der Waals surface area (Å²) >= 11 is 13.9. The van der Waals surface area contributed by atoms with Gasteiger partial charge in [-0.1, -0.05) is 59.9 Å². The van der Waals surface area contributed by atoms with E-state index in [1.807, 2.05) is 31.2 Å². The Hall–Kier alpha value is -2.09. The van der Waals surface area contributed by atoms with Crippen LogP contribution in [0.3, 0.4) is 0 Å². The van der Waals surface area contributed by atoms with Crippen molar-refractivity contribution in [3.63, 3.8) is 0 Å². The molecule has 30 heavy (non-hydrogen) atoms. The van der Waals surface area contributed by atoms with Gasteiger partial charge in [0.2, 0.25) is 5.91 Å². The molecule has 1 aromatic carbocycles. The predicted molar refractivity (Wildman–Crippen MR) is 121 cm³/mol. The number of thioether (sulfide) groups is 1. The Morgan fingerprint density at radius 3 is 2.67 bits per heavy atom. The summed E-state index contributed by atoms with van der Waals surface area (Å²) in [5.41, 5.74) is 1.34. The average Bonchev–Trinajstić information content (AvgIpc) is 3.40.